The Labute approximate surface area is 128 Å². The van der Waals surface area contributed by atoms with E-state index in [0.29, 0.717) is 18.9 Å². The summed E-state index contributed by atoms with van der Waals surface area (Å²) in [6, 6.07) is 10.00. The molecule has 0 aliphatic rings. The molecule has 0 fully saturated rings. The third-order valence-electron chi connectivity index (χ3n) is 4.11. The standard InChI is InChI=1S/C17H28N2O2/c1-4-13(2)14(3)19-17(21)18-12-16(10-11-20)15-8-6-5-7-9-15/h5-9,13-14,16,20H,4,10-12H2,1-3H3,(H2,18,19,21). The van der Waals surface area contributed by atoms with Gasteiger partial charge in [0.1, 0.15) is 0 Å². The number of carbonyl (C=O) groups excluding carboxylic acids is 1. The molecule has 118 valence electrons. The van der Waals surface area contributed by atoms with Crippen molar-refractivity contribution in [3.05, 3.63) is 35.9 Å². The van der Waals surface area contributed by atoms with Gasteiger partial charge in [-0.25, -0.2) is 4.79 Å². The number of urea groups is 1. The summed E-state index contributed by atoms with van der Waals surface area (Å²) in [6.07, 6.45) is 1.68. The van der Waals surface area contributed by atoms with Gasteiger partial charge in [-0.15, -0.1) is 0 Å². The molecule has 0 bridgehead atoms. The van der Waals surface area contributed by atoms with E-state index in [-0.39, 0.29) is 24.6 Å². The molecule has 0 aliphatic heterocycles. The number of aliphatic hydroxyl groups excluding tert-OH is 1. The second-order valence-electron chi connectivity index (χ2n) is 5.65. The Hall–Kier alpha value is -1.55. The van der Waals surface area contributed by atoms with Crippen molar-refractivity contribution in [2.75, 3.05) is 13.2 Å². The normalized spacial score (nSPS) is 15.0. The van der Waals surface area contributed by atoms with Crippen LogP contribution >= 0.6 is 0 Å². The van der Waals surface area contributed by atoms with E-state index in [4.69, 9.17) is 0 Å². The molecule has 4 heteroatoms. The summed E-state index contributed by atoms with van der Waals surface area (Å²) in [5, 5.41) is 15.1. The SMILES string of the molecule is CCC(C)C(C)NC(=O)NCC(CCO)c1ccccc1. The van der Waals surface area contributed by atoms with Crippen molar-refractivity contribution in [3.8, 4) is 0 Å². The summed E-state index contributed by atoms with van der Waals surface area (Å²) >= 11 is 0. The Morgan fingerprint density at radius 1 is 1.24 bits per heavy atom. The molecule has 21 heavy (non-hydrogen) atoms. The molecule has 3 N–H and O–H groups in total. The second-order valence-corrected chi connectivity index (χ2v) is 5.65. The van der Waals surface area contributed by atoms with E-state index >= 15 is 0 Å². The zero-order chi connectivity index (χ0) is 15.7. The average Bonchev–Trinajstić information content (AvgIpc) is 2.51. The summed E-state index contributed by atoms with van der Waals surface area (Å²) in [5.41, 5.74) is 1.14. The maximum Gasteiger partial charge on any atom is 0.315 e. The largest absolute Gasteiger partial charge is 0.396 e. The van der Waals surface area contributed by atoms with Crippen molar-refractivity contribution in [1.82, 2.24) is 10.6 Å². The van der Waals surface area contributed by atoms with Gasteiger partial charge in [-0.2, -0.15) is 0 Å². The van der Waals surface area contributed by atoms with E-state index in [1.54, 1.807) is 0 Å². The molecule has 1 aromatic rings. The monoisotopic (exact) mass is 292 g/mol. The minimum atomic E-state index is -0.137. The van der Waals surface area contributed by atoms with E-state index in [0.717, 1.165) is 12.0 Å². The summed E-state index contributed by atoms with van der Waals surface area (Å²) in [5.74, 6) is 0.596. The molecule has 0 radical (unpaired) electrons. The van der Waals surface area contributed by atoms with E-state index < -0.39 is 0 Å². The summed E-state index contributed by atoms with van der Waals surface area (Å²) in [4.78, 5) is 11.9. The number of aliphatic hydroxyl groups is 1. The molecule has 4 nitrogen and oxygen atoms in total. The van der Waals surface area contributed by atoms with Crippen LogP contribution in [0.5, 0.6) is 0 Å². The first-order chi connectivity index (χ1) is 10.1. The quantitative estimate of drug-likeness (QED) is 0.690. The predicted molar refractivity (Wildman–Crippen MR) is 86.3 cm³/mol. The first-order valence-corrected chi connectivity index (χ1v) is 7.78. The lowest BCUT2D eigenvalue weighted by molar-refractivity contribution is 0.230. The zero-order valence-electron chi connectivity index (χ0n) is 13.3. The Bertz CT molecular complexity index is 409. The molecular weight excluding hydrogens is 264 g/mol. The molecule has 2 amide bonds. The van der Waals surface area contributed by atoms with Gasteiger partial charge in [0.15, 0.2) is 0 Å². The molecule has 0 heterocycles. The van der Waals surface area contributed by atoms with Crippen molar-refractivity contribution in [3.63, 3.8) is 0 Å². The van der Waals surface area contributed by atoms with Crippen molar-refractivity contribution in [1.29, 1.82) is 0 Å². The van der Waals surface area contributed by atoms with Gasteiger partial charge < -0.3 is 15.7 Å². The van der Waals surface area contributed by atoms with Gasteiger partial charge >= 0.3 is 6.03 Å². The molecule has 0 aromatic heterocycles. The highest BCUT2D eigenvalue weighted by Gasteiger charge is 2.15. The van der Waals surface area contributed by atoms with Gasteiger partial charge in [-0.05, 0) is 24.8 Å². The molecular formula is C17H28N2O2. The first-order valence-electron chi connectivity index (χ1n) is 7.78. The number of nitrogens with one attached hydrogen (secondary N) is 2. The van der Waals surface area contributed by atoms with Gasteiger partial charge in [0.05, 0.1) is 0 Å². The van der Waals surface area contributed by atoms with Crippen molar-refractivity contribution in [2.45, 2.75) is 45.6 Å². The summed E-state index contributed by atoms with van der Waals surface area (Å²) in [7, 11) is 0. The fourth-order valence-corrected chi connectivity index (χ4v) is 2.24. The lowest BCUT2D eigenvalue weighted by atomic mass is 9.96. The lowest BCUT2D eigenvalue weighted by Crippen LogP contribution is -2.44. The van der Waals surface area contributed by atoms with Crippen LogP contribution in [0.25, 0.3) is 0 Å². The Balaban J connectivity index is 2.48. The van der Waals surface area contributed by atoms with Crippen LogP contribution in [0.4, 0.5) is 4.79 Å². The number of hydrogen-bond acceptors (Lipinski definition) is 2. The summed E-state index contributed by atoms with van der Waals surface area (Å²) in [6.45, 7) is 6.92. The van der Waals surface area contributed by atoms with Crippen LogP contribution in [0.3, 0.4) is 0 Å². The first kappa shape index (κ1) is 17.5. The van der Waals surface area contributed by atoms with Crippen LogP contribution in [-0.2, 0) is 0 Å². The van der Waals surface area contributed by atoms with E-state index in [2.05, 4.69) is 24.5 Å². The molecule has 0 saturated heterocycles. The van der Waals surface area contributed by atoms with Crippen molar-refractivity contribution < 1.29 is 9.90 Å². The zero-order valence-corrected chi connectivity index (χ0v) is 13.3. The lowest BCUT2D eigenvalue weighted by Gasteiger charge is -2.22. The van der Waals surface area contributed by atoms with Crippen LogP contribution in [-0.4, -0.2) is 30.3 Å². The van der Waals surface area contributed by atoms with Gasteiger partial charge in [-0.3, -0.25) is 0 Å². The Kier molecular flexibility index (Phi) is 7.83. The van der Waals surface area contributed by atoms with Crippen LogP contribution in [0.1, 0.15) is 45.1 Å². The van der Waals surface area contributed by atoms with Crippen LogP contribution < -0.4 is 10.6 Å². The van der Waals surface area contributed by atoms with E-state index in [1.165, 1.54) is 0 Å². The van der Waals surface area contributed by atoms with Crippen molar-refractivity contribution in [2.24, 2.45) is 5.92 Å². The highest BCUT2D eigenvalue weighted by Crippen LogP contribution is 2.18. The highest BCUT2D eigenvalue weighted by molar-refractivity contribution is 5.74. The van der Waals surface area contributed by atoms with Crippen LogP contribution in [0.15, 0.2) is 30.3 Å². The molecule has 0 saturated carbocycles. The Morgan fingerprint density at radius 3 is 2.48 bits per heavy atom. The smallest absolute Gasteiger partial charge is 0.315 e. The summed E-state index contributed by atoms with van der Waals surface area (Å²) < 4.78 is 0. The maximum atomic E-state index is 11.9. The fraction of sp³-hybridized carbons (Fsp3) is 0.588. The van der Waals surface area contributed by atoms with Crippen LogP contribution in [0, 0.1) is 5.92 Å². The van der Waals surface area contributed by atoms with Crippen molar-refractivity contribution >= 4 is 6.03 Å². The van der Waals surface area contributed by atoms with Gasteiger partial charge in [0, 0.05) is 25.1 Å². The number of amides is 2. The molecule has 0 spiro atoms. The number of carbonyl (C=O) groups is 1. The Morgan fingerprint density at radius 2 is 1.90 bits per heavy atom. The third-order valence-corrected chi connectivity index (χ3v) is 4.11. The maximum absolute atomic E-state index is 11.9. The number of rotatable bonds is 8. The topological polar surface area (TPSA) is 61.4 Å². The molecule has 1 aromatic carbocycles. The van der Waals surface area contributed by atoms with Gasteiger partial charge in [0.2, 0.25) is 0 Å². The number of benzene rings is 1. The van der Waals surface area contributed by atoms with Gasteiger partial charge in [-0.1, -0.05) is 50.6 Å². The van der Waals surface area contributed by atoms with Gasteiger partial charge in [0.25, 0.3) is 0 Å². The predicted octanol–water partition coefficient (Wildman–Crippen LogP) is 2.89. The fourth-order valence-electron chi connectivity index (χ4n) is 2.24. The molecule has 0 aliphatic carbocycles. The minimum absolute atomic E-state index is 0.117. The van der Waals surface area contributed by atoms with E-state index in [1.807, 2.05) is 37.3 Å². The average molecular weight is 292 g/mol. The number of hydrogen-bond donors (Lipinski definition) is 3. The third kappa shape index (κ3) is 6.17. The second kappa shape index (κ2) is 9.40. The van der Waals surface area contributed by atoms with E-state index in [9.17, 15) is 9.90 Å². The highest BCUT2D eigenvalue weighted by atomic mass is 16.3. The molecule has 3 unspecified atom stereocenters. The minimum Gasteiger partial charge on any atom is -0.396 e. The molecule has 3 atom stereocenters. The molecule has 1 rings (SSSR count). The van der Waals surface area contributed by atoms with Crippen LogP contribution in [0.2, 0.25) is 0 Å².